The SMILES string of the molecule is COc1ccc(CCN2C(=O)c3ccccc3N[C@@H]2c2ccc([O-])c([N+](=O)[O-])c2)cc1. The summed E-state index contributed by atoms with van der Waals surface area (Å²) in [5.74, 6) is -0.0981. The van der Waals surface area contributed by atoms with Gasteiger partial charge in [-0.05, 0) is 42.0 Å². The van der Waals surface area contributed by atoms with E-state index in [4.69, 9.17) is 4.74 Å². The second-order valence-corrected chi connectivity index (χ2v) is 7.17. The number of ether oxygens (including phenoxy) is 1. The molecule has 0 saturated carbocycles. The zero-order valence-corrected chi connectivity index (χ0v) is 16.8. The van der Waals surface area contributed by atoms with Gasteiger partial charge in [0.05, 0.1) is 17.6 Å². The molecule has 1 amide bonds. The first kappa shape index (κ1) is 20.2. The number of anilines is 1. The molecule has 1 heterocycles. The van der Waals surface area contributed by atoms with E-state index in [-0.39, 0.29) is 5.91 Å². The highest BCUT2D eigenvalue weighted by atomic mass is 16.6. The largest absolute Gasteiger partial charge is 0.868 e. The Labute approximate surface area is 178 Å². The number of nitro benzene ring substituents is 1. The second-order valence-electron chi connectivity index (χ2n) is 7.17. The number of para-hydroxylation sites is 1. The van der Waals surface area contributed by atoms with E-state index in [0.717, 1.165) is 11.3 Å². The van der Waals surface area contributed by atoms with Crippen molar-refractivity contribution in [3.8, 4) is 11.5 Å². The molecular formula is C23H20N3O5-. The van der Waals surface area contributed by atoms with Crippen LogP contribution in [-0.4, -0.2) is 29.4 Å². The summed E-state index contributed by atoms with van der Waals surface area (Å²) >= 11 is 0. The van der Waals surface area contributed by atoms with Crippen LogP contribution in [0.4, 0.5) is 11.4 Å². The highest BCUT2D eigenvalue weighted by Gasteiger charge is 2.33. The highest BCUT2D eigenvalue weighted by molar-refractivity contribution is 6.01. The van der Waals surface area contributed by atoms with E-state index in [9.17, 15) is 20.0 Å². The Kier molecular flexibility index (Phi) is 5.44. The van der Waals surface area contributed by atoms with E-state index in [1.165, 1.54) is 18.2 Å². The van der Waals surface area contributed by atoms with Crippen molar-refractivity contribution in [2.75, 3.05) is 19.0 Å². The van der Waals surface area contributed by atoms with Crippen LogP contribution in [0.3, 0.4) is 0 Å². The third kappa shape index (κ3) is 4.00. The van der Waals surface area contributed by atoms with E-state index in [1.54, 1.807) is 30.2 Å². The van der Waals surface area contributed by atoms with Crippen molar-refractivity contribution >= 4 is 17.3 Å². The Morgan fingerprint density at radius 3 is 2.55 bits per heavy atom. The molecular weight excluding hydrogens is 398 g/mol. The number of fused-ring (bicyclic) bond motifs is 1. The molecule has 0 radical (unpaired) electrons. The van der Waals surface area contributed by atoms with E-state index >= 15 is 0 Å². The van der Waals surface area contributed by atoms with Gasteiger partial charge in [-0.25, -0.2) is 0 Å². The first-order valence-corrected chi connectivity index (χ1v) is 9.73. The molecule has 158 valence electrons. The molecule has 0 saturated heterocycles. The molecule has 3 aromatic rings. The lowest BCUT2D eigenvalue weighted by molar-refractivity contribution is -0.398. The van der Waals surface area contributed by atoms with Crippen LogP contribution in [0.25, 0.3) is 0 Å². The van der Waals surface area contributed by atoms with Crippen molar-refractivity contribution in [3.05, 3.63) is 93.5 Å². The summed E-state index contributed by atoms with van der Waals surface area (Å²) in [5, 5.41) is 26.4. The van der Waals surface area contributed by atoms with Gasteiger partial charge in [-0.2, -0.15) is 0 Å². The molecule has 0 unspecified atom stereocenters. The summed E-state index contributed by atoms with van der Waals surface area (Å²) in [6, 6.07) is 18.6. The minimum atomic E-state index is -0.702. The number of nitrogens with one attached hydrogen (secondary N) is 1. The fourth-order valence-electron chi connectivity index (χ4n) is 3.68. The molecule has 4 rings (SSSR count). The molecule has 0 aromatic heterocycles. The van der Waals surface area contributed by atoms with Gasteiger partial charge in [0.1, 0.15) is 11.9 Å². The van der Waals surface area contributed by atoms with E-state index < -0.39 is 22.5 Å². The number of amides is 1. The van der Waals surface area contributed by atoms with Gasteiger partial charge < -0.3 is 20.1 Å². The molecule has 1 N–H and O–H groups in total. The monoisotopic (exact) mass is 418 g/mol. The molecule has 1 aliphatic heterocycles. The maximum absolute atomic E-state index is 13.3. The van der Waals surface area contributed by atoms with Gasteiger partial charge in [0.2, 0.25) is 0 Å². The first-order chi connectivity index (χ1) is 15.0. The van der Waals surface area contributed by atoms with Gasteiger partial charge in [0.25, 0.3) is 11.6 Å². The van der Waals surface area contributed by atoms with Gasteiger partial charge in [0.15, 0.2) is 0 Å². The average molecular weight is 418 g/mol. The minimum Gasteiger partial charge on any atom is -0.868 e. The smallest absolute Gasteiger partial charge is 0.262 e. The topological polar surface area (TPSA) is 108 Å². The first-order valence-electron chi connectivity index (χ1n) is 9.73. The van der Waals surface area contributed by atoms with Crippen molar-refractivity contribution in [1.29, 1.82) is 0 Å². The van der Waals surface area contributed by atoms with Crippen LogP contribution in [0.5, 0.6) is 11.5 Å². The van der Waals surface area contributed by atoms with Gasteiger partial charge in [-0.1, -0.05) is 36.4 Å². The van der Waals surface area contributed by atoms with Gasteiger partial charge in [0, 0.05) is 23.9 Å². The Balaban J connectivity index is 1.67. The molecule has 8 heteroatoms. The van der Waals surface area contributed by atoms with E-state index in [0.29, 0.717) is 29.8 Å². The quantitative estimate of drug-likeness (QED) is 0.485. The number of hydrogen-bond acceptors (Lipinski definition) is 6. The van der Waals surface area contributed by atoms with Crippen LogP contribution < -0.4 is 15.2 Å². The average Bonchev–Trinajstić information content (AvgIpc) is 2.79. The maximum Gasteiger partial charge on any atom is 0.262 e. The Morgan fingerprint density at radius 2 is 1.84 bits per heavy atom. The van der Waals surface area contributed by atoms with Crippen molar-refractivity contribution in [2.45, 2.75) is 12.6 Å². The minimum absolute atomic E-state index is 0.179. The zero-order chi connectivity index (χ0) is 22.0. The summed E-state index contributed by atoms with van der Waals surface area (Å²) in [6.45, 7) is 0.379. The van der Waals surface area contributed by atoms with Crippen LogP contribution >= 0.6 is 0 Å². The van der Waals surface area contributed by atoms with Crippen LogP contribution in [0.1, 0.15) is 27.7 Å². The second kappa shape index (κ2) is 8.35. The highest BCUT2D eigenvalue weighted by Crippen LogP contribution is 2.35. The summed E-state index contributed by atoms with van der Waals surface area (Å²) in [5.41, 5.74) is 2.16. The third-order valence-electron chi connectivity index (χ3n) is 5.32. The summed E-state index contributed by atoms with van der Waals surface area (Å²) in [6.07, 6.45) is -0.0578. The zero-order valence-electron chi connectivity index (χ0n) is 16.8. The molecule has 8 nitrogen and oxygen atoms in total. The summed E-state index contributed by atoms with van der Waals surface area (Å²) in [7, 11) is 1.60. The number of methoxy groups -OCH3 is 1. The van der Waals surface area contributed by atoms with Gasteiger partial charge in [-0.3, -0.25) is 14.9 Å². The molecule has 0 fully saturated rings. The third-order valence-corrected chi connectivity index (χ3v) is 5.32. The number of carbonyl (C=O) groups is 1. The molecule has 1 aliphatic rings. The Bertz CT molecular complexity index is 1130. The molecule has 0 aliphatic carbocycles. The van der Waals surface area contributed by atoms with Gasteiger partial charge >= 0.3 is 0 Å². The fourth-order valence-corrected chi connectivity index (χ4v) is 3.68. The summed E-state index contributed by atoms with van der Waals surface area (Å²) in [4.78, 5) is 25.5. The lowest BCUT2D eigenvalue weighted by Gasteiger charge is -2.38. The van der Waals surface area contributed by atoms with E-state index in [2.05, 4.69) is 5.32 Å². The van der Waals surface area contributed by atoms with Gasteiger partial charge in [-0.15, -0.1) is 0 Å². The van der Waals surface area contributed by atoms with Crippen LogP contribution in [-0.2, 0) is 6.42 Å². The maximum atomic E-state index is 13.3. The number of benzene rings is 3. The number of carbonyl (C=O) groups excluding carboxylic acids is 1. The lowest BCUT2D eigenvalue weighted by atomic mass is 10.0. The van der Waals surface area contributed by atoms with Crippen molar-refractivity contribution in [3.63, 3.8) is 0 Å². The van der Waals surface area contributed by atoms with Crippen LogP contribution in [0.15, 0.2) is 66.7 Å². The molecule has 31 heavy (non-hydrogen) atoms. The number of nitrogens with zero attached hydrogens (tertiary/aromatic N) is 2. The standard InChI is InChI=1S/C23H21N3O5/c1-31-17-9-6-15(7-10-17)12-13-25-22(16-8-11-21(27)20(14-16)26(29)30)24-19-5-3-2-4-18(19)23(25)28/h2-11,14,22,24,27H,12-13H2,1H3/p-1/t22-/m0/s1. The molecule has 3 aromatic carbocycles. The number of rotatable bonds is 6. The Hall–Kier alpha value is -4.07. The molecule has 1 atom stereocenters. The van der Waals surface area contributed by atoms with Crippen molar-refractivity contribution in [1.82, 2.24) is 4.90 Å². The predicted molar refractivity (Wildman–Crippen MR) is 113 cm³/mol. The summed E-state index contributed by atoms with van der Waals surface area (Å²) < 4.78 is 5.18. The predicted octanol–water partition coefficient (Wildman–Crippen LogP) is 3.49. The van der Waals surface area contributed by atoms with Crippen molar-refractivity contribution in [2.24, 2.45) is 0 Å². The number of hydrogen-bond donors (Lipinski definition) is 1. The fraction of sp³-hybridized carbons (Fsp3) is 0.174. The molecule has 0 bridgehead atoms. The van der Waals surface area contributed by atoms with Crippen LogP contribution in [0.2, 0.25) is 0 Å². The molecule has 0 spiro atoms. The Morgan fingerprint density at radius 1 is 1.10 bits per heavy atom. The van der Waals surface area contributed by atoms with Crippen molar-refractivity contribution < 1.29 is 19.6 Å². The lowest BCUT2D eigenvalue weighted by Crippen LogP contribution is -2.44. The van der Waals surface area contributed by atoms with E-state index in [1.807, 2.05) is 30.3 Å². The normalized spacial score (nSPS) is 15.2. The van der Waals surface area contributed by atoms with Crippen LogP contribution in [0, 0.1) is 10.1 Å². The number of nitro groups is 1.